The molecule has 0 saturated carbocycles. The van der Waals surface area contributed by atoms with E-state index in [9.17, 15) is 13.2 Å². The summed E-state index contributed by atoms with van der Waals surface area (Å²) in [7, 11) is -3.52. The van der Waals surface area contributed by atoms with Crippen LogP contribution in [0.4, 0.5) is 11.4 Å². The Morgan fingerprint density at radius 1 is 0.935 bits per heavy atom. The first-order valence-corrected chi connectivity index (χ1v) is 12.5. The minimum atomic E-state index is -3.52. The maximum absolute atomic E-state index is 13.1. The van der Waals surface area contributed by atoms with Crippen LogP contribution < -0.4 is 14.9 Å². The van der Waals surface area contributed by atoms with Crippen LogP contribution in [0, 0.1) is 5.92 Å². The standard InChI is InChI=1S/C23H28N4O3S/c28-23(18-6-5-7-19(16-18)26-12-3-4-13-26)27-14-10-17(11-15-27)22-24-20-8-1-2-9-21(20)31(29,30)25-22/h1-2,5-9,16-17,22,24-25H,3-4,10-15H2. The lowest BCUT2D eigenvalue weighted by molar-refractivity contribution is 0.0679. The van der Waals surface area contributed by atoms with Crippen molar-refractivity contribution in [2.75, 3.05) is 36.4 Å². The van der Waals surface area contributed by atoms with Gasteiger partial charge in [-0.3, -0.25) is 4.79 Å². The van der Waals surface area contributed by atoms with Gasteiger partial charge in [0.25, 0.3) is 5.91 Å². The lowest BCUT2D eigenvalue weighted by atomic mass is 9.93. The molecule has 31 heavy (non-hydrogen) atoms. The number of para-hydroxylation sites is 1. The summed E-state index contributed by atoms with van der Waals surface area (Å²) in [6, 6.07) is 14.9. The number of piperidine rings is 1. The van der Waals surface area contributed by atoms with Crippen LogP contribution in [0.2, 0.25) is 0 Å². The van der Waals surface area contributed by atoms with Crippen LogP contribution in [0.1, 0.15) is 36.0 Å². The molecule has 1 atom stereocenters. The van der Waals surface area contributed by atoms with Gasteiger partial charge in [-0.2, -0.15) is 4.72 Å². The van der Waals surface area contributed by atoms with E-state index >= 15 is 0 Å². The molecule has 2 aromatic carbocycles. The smallest absolute Gasteiger partial charge is 0.253 e. The number of amides is 1. The van der Waals surface area contributed by atoms with Gasteiger partial charge in [0.05, 0.1) is 11.9 Å². The third-order valence-electron chi connectivity index (χ3n) is 6.63. The van der Waals surface area contributed by atoms with E-state index in [1.807, 2.05) is 29.2 Å². The average molecular weight is 441 g/mol. The first-order valence-electron chi connectivity index (χ1n) is 11.0. The molecule has 2 N–H and O–H groups in total. The third kappa shape index (κ3) is 4.02. The Labute approximate surface area is 183 Å². The largest absolute Gasteiger partial charge is 0.372 e. The van der Waals surface area contributed by atoms with Gasteiger partial charge in [-0.1, -0.05) is 18.2 Å². The van der Waals surface area contributed by atoms with Gasteiger partial charge in [0.2, 0.25) is 10.0 Å². The fourth-order valence-electron chi connectivity index (χ4n) is 4.89. The highest BCUT2D eigenvalue weighted by Gasteiger charge is 2.36. The van der Waals surface area contributed by atoms with Gasteiger partial charge in [-0.25, -0.2) is 8.42 Å². The Bertz CT molecular complexity index is 1070. The molecule has 0 radical (unpaired) electrons. The summed E-state index contributed by atoms with van der Waals surface area (Å²) < 4.78 is 28.0. The summed E-state index contributed by atoms with van der Waals surface area (Å²) in [5.41, 5.74) is 2.49. The molecule has 5 rings (SSSR count). The van der Waals surface area contributed by atoms with E-state index < -0.39 is 10.0 Å². The average Bonchev–Trinajstić information content (AvgIpc) is 3.33. The highest BCUT2D eigenvalue weighted by atomic mass is 32.2. The van der Waals surface area contributed by atoms with Crippen molar-refractivity contribution in [3.63, 3.8) is 0 Å². The van der Waals surface area contributed by atoms with Crippen LogP contribution in [0.25, 0.3) is 0 Å². The minimum absolute atomic E-state index is 0.0574. The molecule has 0 aromatic heterocycles. The van der Waals surface area contributed by atoms with E-state index in [1.54, 1.807) is 18.2 Å². The fourth-order valence-corrected chi connectivity index (χ4v) is 6.28. The van der Waals surface area contributed by atoms with E-state index in [1.165, 1.54) is 12.8 Å². The van der Waals surface area contributed by atoms with Crippen LogP contribution in [0.5, 0.6) is 0 Å². The van der Waals surface area contributed by atoms with E-state index in [4.69, 9.17) is 0 Å². The number of rotatable bonds is 3. The van der Waals surface area contributed by atoms with Crippen LogP contribution in [-0.2, 0) is 10.0 Å². The van der Waals surface area contributed by atoms with Crippen molar-refractivity contribution in [2.45, 2.75) is 36.7 Å². The van der Waals surface area contributed by atoms with Gasteiger partial charge in [0, 0.05) is 37.4 Å². The number of hydrogen-bond donors (Lipinski definition) is 2. The molecule has 164 valence electrons. The molecule has 7 nitrogen and oxygen atoms in total. The highest BCUT2D eigenvalue weighted by molar-refractivity contribution is 7.89. The molecule has 1 amide bonds. The number of nitrogens with one attached hydrogen (secondary N) is 2. The Morgan fingerprint density at radius 2 is 1.68 bits per heavy atom. The minimum Gasteiger partial charge on any atom is -0.372 e. The molecule has 2 fully saturated rings. The zero-order valence-electron chi connectivity index (χ0n) is 17.5. The summed E-state index contributed by atoms with van der Waals surface area (Å²) in [5, 5.41) is 3.34. The first kappa shape index (κ1) is 20.3. The van der Waals surface area contributed by atoms with Crippen LogP contribution in [0.15, 0.2) is 53.4 Å². The topological polar surface area (TPSA) is 81.8 Å². The van der Waals surface area contributed by atoms with Gasteiger partial charge in [0.15, 0.2) is 0 Å². The highest BCUT2D eigenvalue weighted by Crippen LogP contribution is 2.31. The van der Waals surface area contributed by atoms with Gasteiger partial charge in [-0.05, 0) is 61.9 Å². The summed E-state index contributed by atoms with van der Waals surface area (Å²) in [6.07, 6.45) is 3.56. The van der Waals surface area contributed by atoms with Gasteiger partial charge in [0.1, 0.15) is 4.90 Å². The molecule has 8 heteroatoms. The predicted octanol–water partition coefficient (Wildman–Crippen LogP) is 2.87. The van der Waals surface area contributed by atoms with Gasteiger partial charge < -0.3 is 15.1 Å². The Balaban J connectivity index is 1.24. The number of fused-ring (bicyclic) bond motifs is 1. The molecular weight excluding hydrogens is 412 g/mol. The molecule has 2 saturated heterocycles. The van der Waals surface area contributed by atoms with Crippen molar-refractivity contribution in [1.29, 1.82) is 0 Å². The molecule has 3 heterocycles. The van der Waals surface area contributed by atoms with Gasteiger partial charge in [-0.15, -0.1) is 0 Å². The molecule has 3 aliphatic heterocycles. The molecule has 3 aliphatic rings. The Hall–Kier alpha value is -2.58. The van der Waals surface area contributed by atoms with Crippen molar-refractivity contribution in [3.8, 4) is 0 Å². The Kier molecular flexibility index (Phi) is 5.35. The molecular formula is C23H28N4O3S. The summed E-state index contributed by atoms with van der Waals surface area (Å²) >= 11 is 0. The summed E-state index contributed by atoms with van der Waals surface area (Å²) in [5.74, 6) is 0.185. The summed E-state index contributed by atoms with van der Waals surface area (Å²) in [4.78, 5) is 17.6. The zero-order valence-corrected chi connectivity index (χ0v) is 18.3. The van der Waals surface area contributed by atoms with Crippen LogP contribution in [-0.4, -0.2) is 51.6 Å². The van der Waals surface area contributed by atoms with Crippen molar-refractivity contribution in [1.82, 2.24) is 9.62 Å². The van der Waals surface area contributed by atoms with Crippen molar-refractivity contribution < 1.29 is 13.2 Å². The second-order valence-corrected chi connectivity index (χ2v) is 10.3. The van der Waals surface area contributed by atoms with Crippen LogP contribution in [0.3, 0.4) is 0 Å². The molecule has 0 aliphatic carbocycles. The third-order valence-corrected chi connectivity index (χ3v) is 8.13. The number of carbonyl (C=O) groups is 1. The molecule has 2 aromatic rings. The van der Waals surface area contributed by atoms with Crippen molar-refractivity contribution in [3.05, 3.63) is 54.1 Å². The van der Waals surface area contributed by atoms with Crippen LogP contribution >= 0.6 is 0 Å². The number of hydrogen-bond acceptors (Lipinski definition) is 5. The van der Waals surface area contributed by atoms with E-state index in [-0.39, 0.29) is 22.9 Å². The lowest BCUT2D eigenvalue weighted by Crippen LogP contribution is -2.52. The monoisotopic (exact) mass is 440 g/mol. The molecule has 0 spiro atoms. The zero-order chi connectivity index (χ0) is 21.4. The number of carbonyl (C=O) groups excluding carboxylic acids is 1. The normalized spacial score (nSPS) is 23.3. The lowest BCUT2D eigenvalue weighted by Gasteiger charge is -2.39. The fraction of sp³-hybridized carbons (Fsp3) is 0.435. The molecule has 1 unspecified atom stereocenters. The number of benzene rings is 2. The second-order valence-electron chi connectivity index (χ2n) is 8.61. The quantitative estimate of drug-likeness (QED) is 0.767. The maximum Gasteiger partial charge on any atom is 0.253 e. The van der Waals surface area contributed by atoms with Crippen molar-refractivity contribution >= 4 is 27.3 Å². The van der Waals surface area contributed by atoms with E-state index in [2.05, 4.69) is 21.0 Å². The van der Waals surface area contributed by atoms with E-state index in [0.717, 1.165) is 37.2 Å². The van der Waals surface area contributed by atoms with Crippen molar-refractivity contribution in [2.24, 2.45) is 5.92 Å². The summed E-state index contributed by atoms with van der Waals surface area (Å²) in [6.45, 7) is 3.35. The van der Waals surface area contributed by atoms with Gasteiger partial charge >= 0.3 is 0 Å². The number of nitrogens with zero attached hydrogens (tertiary/aromatic N) is 2. The predicted molar refractivity (Wildman–Crippen MR) is 121 cm³/mol. The SMILES string of the molecule is O=C(c1cccc(N2CCCC2)c1)N1CCC(C2Nc3ccccc3S(=O)(=O)N2)CC1. The van der Waals surface area contributed by atoms with E-state index in [0.29, 0.717) is 18.8 Å². The Morgan fingerprint density at radius 3 is 2.45 bits per heavy atom. The number of anilines is 2. The first-order chi connectivity index (χ1) is 15.0. The molecule has 0 bridgehead atoms. The second kappa shape index (κ2) is 8.16. The number of likely N-dealkylation sites (tertiary alicyclic amines) is 1. The maximum atomic E-state index is 13.1. The number of sulfonamides is 1.